The summed E-state index contributed by atoms with van der Waals surface area (Å²) in [6.07, 6.45) is 26.5. The Morgan fingerprint density at radius 1 is 0.535 bits per heavy atom. The quantitative estimate of drug-likeness (QED) is 0.0118. The van der Waals surface area contributed by atoms with Gasteiger partial charge in [0, 0.05) is 64.9 Å². The second-order valence-corrected chi connectivity index (χ2v) is 25.6. The molecule has 2 aromatic rings. The third kappa shape index (κ3) is 38.9. The van der Waals surface area contributed by atoms with E-state index in [1.54, 1.807) is 95.3 Å². The van der Waals surface area contributed by atoms with Gasteiger partial charge in [0.05, 0.1) is 32.7 Å². The molecular formula is C78H116N2O19. The number of allylic oxidation sites excluding steroid dienone is 2. The zero-order chi connectivity index (χ0) is 73.9. The monoisotopic (exact) mass is 1380 g/mol. The number of carboxylic acid groups (broad SMARTS) is 1. The van der Waals surface area contributed by atoms with E-state index in [0.29, 0.717) is 72.7 Å². The summed E-state index contributed by atoms with van der Waals surface area (Å²) < 4.78 is 31.3. The minimum atomic E-state index is -2.64. The number of carbonyl (C=O) groups excluding carboxylic acids is 8. The van der Waals surface area contributed by atoms with Gasteiger partial charge in [-0.15, -0.1) is 11.8 Å². The van der Waals surface area contributed by atoms with Crippen molar-refractivity contribution in [3.8, 4) is 35.2 Å². The molecule has 0 bridgehead atoms. The van der Waals surface area contributed by atoms with Gasteiger partial charge >= 0.3 is 29.8 Å². The van der Waals surface area contributed by atoms with Crippen molar-refractivity contribution >= 4 is 53.2 Å². The number of benzene rings is 2. The molecule has 6 atom stereocenters. The fourth-order valence-corrected chi connectivity index (χ4v) is 10.5. The predicted octanol–water partition coefficient (Wildman–Crippen LogP) is 11.7. The maximum absolute atomic E-state index is 13.9. The van der Waals surface area contributed by atoms with Crippen molar-refractivity contribution in [2.45, 2.75) is 264 Å². The van der Waals surface area contributed by atoms with Crippen molar-refractivity contribution in [2.24, 2.45) is 11.8 Å². The van der Waals surface area contributed by atoms with Crippen molar-refractivity contribution in [1.82, 2.24) is 10.6 Å². The molecule has 0 saturated heterocycles. The molecule has 0 aromatic heterocycles. The molecule has 552 valence electrons. The Kier molecular flexibility index (Phi) is 47.0. The van der Waals surface area contributed by atoms with Gasteiger partial charge in [0.25, 0.3) is 0 Å². The highest BCUT2D eigenvalue weighted by Gasteiger charge is 2.50. The molecule has 0 heterocycles. The lowest BCUT2D eigenvalue weighted by molar-refractivity contribution is -0.185. The number of hydrogen-bond donors (Lipinski definition) is 6. The number of carboxylic acids is 1. The number of hydrogen-bond acceptors (Lipinski definition) is 18. The summed E-state index contributed by atoms with van der Waals surface area (Å²) in [5.74, 6) is 3.16. The van der Waals surface area contributed by atoms with Crippen LogP contribution in [-0.4, -0.2) is 143 Å². The molecule has 2 aromatic carbocycles. The van der Waals surface area contributed by atoms with E-state index in [9.17, 15) is 63.6 Å². The number of ketones is 2. The molecule has 2 rings (SSSR count). The van der Waals surface area contributed by atoms with Gasteiger partial charge in [0.2, 0.25) is 11.8 Å². The fraction of sp³-hybridized carbons (Fsp3) is 0.628. The summed E-state index contributed by atoms with van der Waals surface area (Å²) in [5, 5.41) is 48.1. The number of rotatable bonds is 51. The number of unbranched alkanes of at least 4 members (excludes halogenated alkanes) is 16. The van der Waals surface area contributed by atoms with E-state index in [2.05, 4.69) is 48.2 Å². The van der Waals surface area contributed by atoms with Gasteiger partial charge in [0.15, 0.2) is 11.2 Å². The summed E-state index contributed by atoms with van der Waals surface area (Å²) in [4.78, 5) is 114. The van der Waals surface area contributed by atoms with Gasteiger partial charge < -0.3 is 59.5 Å². The Labute approximate surface area is 589 Å². The third-order valence-electron chi connectivity index (χ3n) is 16.2. The van der Waals surface area contributed by atoms with Crippen LogP contribution in [0.2, 0.25) is 0 Å². The van der Waals surface area contributed by atoms with Crippen LogP contribution in [0.15, 0.2) is 72.8 Å². The van der Waals surface area contributed by atoms with Crippen molar-refractivity contribution in [1.29, 1.82) is 0 Å². The Morgan fingerprint density at radius 2 is 0.909 bits per heavy atom. The molecule has 21 heteroatoms. The van der Waals surface area contributed by atoms with E-state index >= 15 is 0 Å². The van der Waals surface area contributed by atoms with Crippen LogP contribution in [0.5, 0.6) is 11.5 Å². The SMILES string of the molecule is CC#CCOc1ccc(C[C@H](NC(=O)[C@@H](/C=C/CCCCCCC(=O)CCCCCCC)[C@@](O)(CCO)C(=O)OC(C)(C)C)C(=O)OC)cc1.CC#CCOc1ccc(C[C@H](NC(=O)[C@@H](/C=C/CCCCCCC(=O)CCCCCCC)[C@@](O)(CCOC(C)=O)C(=O)O)C(=O)OC)cc1. The number of aliphatic carboxylic acids is 1. The first-order valence-corrected chi connectivity index (χ1v) is 35.3. The summed E-state index contributed by atoms with van der Waals surface area (Å²) >= 11 is 0. The van der Waals surface area contributed by atoms with Crippen LogP contribution in [0, 0.1) is 35.5 Å². The summed E-state index contributed by atoms with van der Waals surface area (Å²) in [5.41, 5.74) is -4.68. The van der Waals surface area contributed by atoms with E-state index in [4.69, 9.17) is 28.4 Å². The number of aliphatic hydroxyl groups excluding tert-OH is 1. The first-order valence-electron chi connectivity index (χ1n) is 35.3. The van der Waals surface area contributed by atoms with Crippen LogP contribution in [-0.2, 0) is 74.9 Å². The van der Waals surface area contributed by atoms with E-state index in [1.165, 1.54) is 64.9 Å². The normalized spacial score (nSPS) is 13.5. The lowest BCUT2D eigenvalue weighted by Gasteiger charge is -2.34. The van der Waals surface area contributed by atoms with Crippen molar-refractivity contribution in [3.05, 3.63) is 84.0 Å². The number of ether oxygens (including phenoxy) is 6. The van der Waals surface area contributed by atoms with Gasteiger partial charge in [0.1, 0.15) is 54.0 Å². The first-order chi connectivity index (χ1) is 47.3. The standard InChI is InChI=1S/C40H61NO9.C38H55NO10/c1-7-9-11-14-17-20-32(43)21-18-15-12-13-16-19-22-34(40(47,27-28-42)38(46)50-39(3,4)5)36(44)41-35(37(45)48-6)30-31-23-25-33(26-24-31)49-29-10-8-2;1-5-7-9-12-15-18-31(41)19-16-13-10-11-14-17-20-33(38(46,37(44)45)25-27-48-29(3)40)35(42)39-34(36(43)47-4)28-30-21-23-32(24-22-30)49-26-8-6-2/h19,22-26,34-35,42,47H,7,9,11-18,20-21,27-30H2,1-6H3,(H,41,44);17,20-24,33-34,46H,5,7,9-16,18-19,25-28H2,1-4H3,(H,39,42)(H,44,45)/b22-19+;20-17+/t34-,35+,40+;33-,34+,38+/m11/s1. The molecule has 2 amide bonds. The molecule has 0 unspecified atom stereocenters. The first kappa shape index (κ1) is 89.2. The molecule has 21 nitrogen and oxygen atoms in total. The maximum Gasteiger partial charge on any atom is 0.339 e. The lowest BCUT2D eigenvalue weighted by Crippen LogP contribution is -2.56. The molecule has 0 aliphatic rings. The zero-order valence-electron chi connectivity index (χ0n) is 60.8. The van der Waals surface area contributed by atoms with Gasteiger partial charge in [-0.25, -0.2) is 19.2 Å². The van der Waals surface area contributed by atoms with Crippen LogP contribution in [0.3, 0.4) is 0 Å². The fourth-order valence-electron chi connectivity index (χ4n) is 10.5. The number of aliphatic hydroxyl groups is 3. The van der Waals surface area contributed by atoms with E-state index in [1.807, 2.05) is 0 Å². The van der Waals surface area contributed by atoms with E-state index < -0.39 is 108 Å². The second-order valence-electron chi connectivity index (χ2n) is 25.6. The number of methoxy groups -OCH3 is 2. The van der Waals surface area contributed by atoms with Crippen LogP contribution in [0.25, 0.3) is 0 Å². The van der Waals surface area contributed by atoms with Crippen molar-refractivity contribution in [2.75, 3.05) is 40.6 Å². The minimum Gasteiger partial charge on any atom is -0.481 e. The molecule has 0 spiro atoms. The topological polar surface area (TPSA) is 314 Å². The average molecular weight is 1390 g/mol. The number of nitrogens with one attached hydrogen (secondary N) is 2. The molecule has 0 aliphatic heterocycles. The Bertz CT molecular complexity index is 2910. The molecule has 0 aliphatic carbocycles. The smallest absolute Gasteiger partial charge is 0.339 e. The highest BCUT2D eigenvalue weighted by molar-refractivity contribution is 5.94. The number of amides is 2. The Balaban J connectivity index is 0.000000990. The number of Topliss-reactive ketones (excluding diaryl/α,β-unsaturated/α-hetero) is 2. The summed E-state index contributed by atoms with van der Waals surface area (Å²) in [6.45, 7) is 13.2. The highest BCUT2D eigenvalue weighted by Crippen LogP contribution is 2.30. The number of esters is 4. The van der Waals surface area contributed by atoms with Crippen LogP contribution in [0.1, 0.15) is 233 Å². The molecule has 0 saturated carbocycles. The largest absolute Gasteiger partial charge is 0.481 e. The van der Waals surface area contributed by atoms with Gasteiger partial charge in [-0.3, -0.25) is 24.0 Å². The number of carbonyl (C=O) groups is 9. The van der Waals surface area contributed by atoms with Crippen LogP contribution in [0.4, 0.5) is 0 Å². The second kappa shape index (κ2) is 52.2. The van der Waals surface area contributed by atoms with Gasteiger partial charge in [-0.1, -0.05) is 151 Å². The maximum atomic E-state index is 13.9. The molecule has 6 N–H and O–H groups in total. The Morgan fingerprint density at radius 3 is 1.24 bits per heavy atom. The van der Waals surface area contributed by atoms with Crippen LogP contribution >= 0.6 is 0 Å². The van der Waals surface area contributed by atoms with Crippen molar-refractivity contribution in [3.63, 3.8) is 0 Å². The Hall–Kier alpha value is -7.85. The zero-order valence-corrected chi connectivity index (χ0v) is 60.8. The minimum absolute atomic E-state index is 0.0181. The van der Waals surface area contributed by atoms with Crippen LogP contribution < -0.4 is 20.1 Å². The summed E-state index contributed by atoms with van der Waals surface area (Å²) in [7, 11) is 2.37. The molecule has 0 radical (unpaired) electrons. The molecule has 0 fully saturated rings. The van der Waals surface area contributed by atoms with Gasteiger partial charge in [-0.2, -0.15) is 0 Å². The predicted molar refractivity (Wildman–Crippen MR) is 380 cm³/mol. The van der Waals surface area contributed by atoms with Crippen molar-refractivity contribution < 1.29 is 92.0 Å². The average Bonchev–Trinajstić information content (AvgIpc) is 0.806. The summed E-state index contributed by atoms with van der Waals surface area (Å²) in [6, 6.07) is 11.4. The highest BCUT2D eigenvalue weighted by atomic mass is 16.6. The van der Waals surface area contributed by atoms with Gasteiger partial charge in [-0.05, 0) is 121 Å². The third-order valence-corrected chi connectivity index (χ3v) is 16.2. The molecular weight excluding hydrogens is 1270 g/mol. The van der Waals surface area contributed by atoms with E-state index in [0.717, 1.165) is 84.0 Å². The molecule has 99 heavy (non-hydrogen) atoms. The lowest BCUT2D eigenvalue weighted by atomic mass is 9.82. The van der Waals surface area contributed by atoms with E-state index in [-0.39, 0.29) is 26.1 Å².